The molecule has 47 heavy (non-hydrogen) atoms. The molecule has 1 amide bonds. The maximum Gasteiger partial charge on any atom is 0.407 e. The molecule has 254 valence electrons. The van der Waals surface area contributed by atoms with E-state index >= 15 is 0 Å². The second-order valence-electron chi connectivity index (χ2n) is 12.3. The van der Waals surface area contributed by atoms with Gasteiger partial charge in [0.15, 0.2) is 0 Å². The van der Waals surface area contributed by atoms with Gasteiger partial charge in [0, 0.05) is 13.1 Å². The molecule has 2 saturated heterocycles. The molecule has 0 bridgehead atoms. The Labute approximate surface area is 276 Å². The number of carbonyl (C=O) groups is 1. The number of rotatable bonds is 15. The lowest BCUT2D eigenvalue weighted by Crippen LogP contribution is -2.51. The predicted molar refractivity (Wildman–Crippen MR) is 175 cm³/mol. The minimum absolute atomic E-state index is 0.0287. The molecule has 0 unspecified atom stereocenters. The molecule has 0 spiro atoms. The van der Waals surface area contributed by atoms with Crippen molar-refractivity contribution in [1.29, 1.82) is 0 Å². The highest BCUT2D eigenvalue weighted by atomic mass is 32.2. The van der Waals surface area contributed by atoms with Crippen LogP contribution in [0.5, 0.6) is 11.5 Å². The topological polar surface area (TPSA) is 133 Å². The van der Waals surface area contributed by atoms with E-state index in [4.69, 9.17) is 23.7 Å². The van der Waals surface area contributed by atoms with E-state index in [1.165, 1.54) is 23.5 Å². The largest absolute Gasteiger partial charge is 0.497 e. The van der Waals surface area contributed by atoms with Gasteiger partial charge in [-0.2, -0.15) is 4.31 Å². The fraction of sp³-hybridized carbons (Fsp3) is 0.457. The van der Waals surface area contributed by atoms with Crippen LogP contribution in [0.15, 0.2) is 83.8 Å². The number of amides is 1. The number of nitrogens with one attached hydrogen (secondary N) is 1. The molecule has 12 heteroatoms. The van der Waals surface area contributed by atoms with Gasteiger partial charge in [0.05, 0.1) is 56.0 Å². The Hall–Kier alpha value is -3.68. The number of nitrogens with zero attached hydrogens (tertiary/aromatic N) is 1. The number of carbonyl (C=O) groups excluding carboxylic acids is 1. The summed E-state index contributed by atoms with van der Waals surface area (Å²) in [5, 5.41) is 14.4. The second-order valence-corrected chi connectivity index (χ2v) is 14.3. The molecule has 2 aliphatic rings. The quantitative estimate of drug-likeness (QED) is 0.246. The summed E-state index contributed by atoms with van der Waals surface area (Å²) < 4.78 is 56.8. The summed E-state index contributed by atoms with van der Waals surface area (Å²) in [6, 6.07) is 22.4. The van der Waals surface area contributed by atoms with Gasteiger partial charge in [-0.15, -0.1) is 0 Å². The zero-order chi connectivity index (χ0) is 33.4. The van der Waals surface area contributed by atoms with E-state index < -0.39 is 34.4 Å². The highest BCUT2D eigenvalue weighted by Gasteiger charge is 2.44. The van der Waals surface area contributed by atoms with Crippen molar-refractivity contribution in [3.8, 4) is 11.5 Å². The fourth-order valence-electron chi connectivity index (χ4n) is 5.77. The number of aliphatic hydroxyl groups excluding tert-OH is 1. The summed E-state index contributed by atoms with van der Waals surface area (Å²) in [5.41, 5.74) is 1.85. The van der Waals surface area contributed by atoms with Crippen molar-refractivity contribution in [3.05, 3.63) is 90.0 Å². The molecule has 11 nitrogen and oxygen atoms in total. The molecule has 2 aliphatic heterocycles. The van der Waals surface area contributed by atoms with Crippen LogP contribution in [0.4, 0.5) is 4.79 Å². The average Bonchev–Trinajstić information content (AvgIpc) is 3.69. The number of hydrogen-bond acceptors (Lipinski definition) is 9. The SMILES string of the molecule is COc1ccc(S(=O)(=O)N(CC(C)C)C[C@@H](O)[C@H](Cc2ccc(OCc3ccccc3)cc2)NC(=O)O[C@H]2CO[C@H]3COC[C@H]32)cc1. The van der Waals surface area contributed by atoms with Crippen molar-refractivity contribution in [3.63, 3.8) is 0 Å². The van der Waals surface area contributed by atoms with E-state index in [-0.39, 0.29) is 49.0 Å². The van der Waals surface area contributed by atoms with Gasteiger partial charge in [0.2, 0.25) is 10.0 Å². The maximum atomic E-state index is 13.8. The summed E-state index contributed by atoms with van der Waals surface area (Å²) in [7, 11) is -2.48. The number of benzene rings is 3. The third kappa shape index (κ3) is 9.23. The van der Waals surface area contributed by atoms with Gasteiger partial charge < -0.3 is 34.1 Å². The fourth-order valence-corrected chi connectivity index (χ4v) is 7.39. The van der Waals surface area contributed by atoms with Gasteiger partial charge in [-0.25, -0.2) is 13.2 Å². The smallest absolute Gasteiger partial charge is 0.407 e. The molecule has 0 saturated carbocycles. The molecular weight excluding hydrogens is 624 g/mol. The summed E-state index contributed by atoms with van der Waals surface area (Å²) in [5.74, 6) is 1.12. The highest BCUT2D eigenvalue weighted by molar-refractivity contribution is 7.89. The van der Waals surface area contributed by atoms with Crippen LogP contribution in [0, 0.1) is 11.8 Å². The van der Waals surface area contributed by atoms with Gasteiger partial charge in [-0.3, -0.25) is 0 Å². The Kier molecular flexibility index (Phi) is 11.8. The molecule has 3 aromatic carbocycles. The Morgan fingerprint density at radius 2 is 1.64 bits per heavy atom. The third-order valence-corrected chi connectivity index (χ3v) is 10.2. The van der Waals surface area contributed by atoms with E-state index in [1.807, 2.05) is 68.4 Å². The first-order valence-corrected chi connectivity index (χ1v) is 17.3. The maximum absolute atomic E-state index is 13.8. The normalized spacial score (nSPS) is 20.5. The van der Waals surface area contributed by atoms with E-state index in [2.05, 4.69) is 5.32 Å². The van der Waals surface area contributed by atoms with Gasteiger partial charge >= 0.3 is 6.09 Å². The Morgan fingerprint density at radius 1 is 0.936 bits per heavy atom. The molecule has 5 rings (SSSR count). The molecule has 0 radical (unpaired) electrons. The van der Waals surface area contributed by atoms with Crippen molar-refractivity contribution in [1.82, 2.24) is 9.62 Å². The van der Waals surface area contributed by atoms with Crippen LogP contribution >= 0.6 is 0 Å². The first-order chi connectivity index (χ1) is 22.6. The molecule has 2 heterocycles. The third-order valence-electron chi connectivity index (χ3n) is 8.33. The van der Waals surface area contributed by atoms with Gasteiger partial charge in [0.1, 0.15) is 24.2 Å². The molecular formula is C35H44N2O9S. The highest BCUT2D eigenvalue weighted by Crippen LogP contribution is 2.29. The van der Waals surface area contributed by atoms with Crippen molar-refractivity contribution in [2.75, 3.05) is 40.0 Å². The van der Waals surface area contributed by atoms with Crippen LogP contribution in [0.1, 0.15) is 25.0 Å². The zero-order valence-corrected chi connectivity index (χ0v) is 27.8. The molecule has 3 aromatic rings. The minimum atomic E-state index is -3.99. The van der Waals surface area contributed by atoms with Crippen molar-refractivity contribution in [2.45, 2.75) is 56.1 Å². The zero-order valence-electron chi connectivity index (χ0n) is 27.0. The standard InChI is InChI=1S/C35H44N2O9S/c1-24(2)18-37(47(40,41)29-15-13-27(42-3)14-16-29)19-32(38)31(36-35(39)46-34-23-45-33-22-43-21-30(33)34)17-25-9-11-28(12-10-25)44-20-26-7-5-4-6-8-26/h4-16,24,30-34,38H,17-23H2,1-3H3,(H,36,39)/t30-,31+,32-,33+,34+/m1/s1. The molecule has 2 fully saturated rings. The number of methoxy groups -OCH3 is 1. The summed E-state index contributed by atoms with van der Waals surface area (Å²) in [4.78, 5) is 13.3. The number of hydrogen-bond donors (Lipinski definition) is 2. The number of ether oxygens (including phenoxy) is 5. The van der Waals surface area contributed by atoms with Crippen molar-refractivity contribution >= 4 is 16.1 Å². The van der Waals surface area contributed by atoms with E-state index in [1.54, 1.807) is 12.1 Å². The lowest BCUT2D eigenvalue weighted by atomic mass is 10.0. The second kappa shape index (κ2) is 15.9. The van der Waals surface area contributed by atoms with Crippen LogP contribution in [-0.4, -0.2) is 88.3 Å². The monoisotopic (exact) mass is 668 g/mol. The molecule has 5 atom stereocenters. The van der Waals surface area contributed by atoms with Crippen LogP contribution in [0.25, 0.3) is 0 Å². The Balaban J connectivity index is 1.31. The Morgan fingerprint density at radius 3 is 2.32 bits per heavy atom. The van der Waals surface area contributed by atoms with Crippen molar-refractivity contribution in [2.24, 2.45) is 11.8 Å². The van der Waals surface area contributed by atoms with Crippen LogP contribution in [0.3, 0.4) is 0 Å². The lowest BCUT2D eigenvalue weighted by molar-refractivity contribution is 0.0271. The molecule has 0 aliphatic carbocycles. The van der Waals surface area contributed by atoms with E-state index in [9.17, 15) is 18.3 Å². The van der Waals surface area contributed by atoms with E-state index in [0.717, 1.165) is 11.1 Å². The van der Waals surface area contributed by atoms with Crippen LogP contribution in [-0.2, 0) is 37.3 Å². The first kappa shape index (κ1) is 34.6. The van der Waals surface area contributed by atoms with Gasteiger partial charge in [-0.05, 0) is 59.9 Å². The molecule has 0 aromatic heterocycles. The van der Waals surface area contributed by atoms with Gasteiger partial charge in [0.25, 0.3) is 0 Å². The van der Waals surface area contributed by atoms with Crippen molar-refractivity contribution < 1.29 is 42.0 Å². The summed E-state index contributed by atoms with van der Waals surface area (Å²) in [6.45, 7) is 5.32. The average molecular weight is 669 g/mol. The molecule has 2 N–H and O–H groups in total. The van der Waals surface area contributed by atoms with Crippen LogP contribution < -0.4 is 14.8 Å². The minimum Gasteiger partial charge on any atom is -0.497 e. The number of aliphatic hydroxyl groups is 1. The lowest BCUT2D eigenvalue weighted by Gasteiger charge is -2.31. The van der Waals surface area contributed by atoms with Gasteiger partial charge in [-0.1, -0.05) is 56.3 Å². The summed E-state index contributed by atoms with van der Waals surface area (Å²) >= 11 is 0. The first-order valence-electron chi connectivity index (χ1n) is 15.9. The predicted octanol–water partition coefficient (Wildman–Crippen LogP) is 4.03. The summed E-state index contributed by atoms with van der Waals surface area (Å²) in [6.07, 6.45) is -2.36. The number of alkyl carbamates (subject to hydrolysis) is 1. The number of fused-ring (bicyclic) bond motifs is 1. The Bertz CT molecular complexity index is 1540. The van der Waals surface area contributed by atoms with Crippen LogP contribution in [0.2, 0.25) is 0 Å². The number of sulfonamides is 1. The van der Waals surface area contributed by atoms with E-state index in [0.29, 0.717) is 31.3 Å².